The molecular formula is C16H27N2+. The van der Waals surface area contributed by atoms with Gasteiger partial charge in [0.1, 0.15) is 0 Å². The van der Waals surface area contributed by atoms with Crippen molar-refractivity contribution in [3.63, 3.8) is 0 Å². The van der Waals surface area contributed by atoms with E-state index < -0.39 is 0 Å². The Morgan fingerprint density at radius 2 is 1.72 bits per heavy atom. The van der Waals surface area contributed by atoms with Gasteiger partial charge < -0.3 is 4.48 Å². The van der Waals surface area contributed by atoms with Gasteiger partial charge >= 0.3 is 0 Å². The molecule has 1 aliphatic heterocycles. The molecule has 0 atom stereocenters. The summed E-state index contributed by atoms with van der Waals surface area (Å²) in [7, 11) is 0. The molecule has 0 unspecified atom stereocenters. The van der Waals surface area contributed by atoms with Crippen LogP contribution in [0.2, 0.25) is 0 Å². The lowest BCUT2D eigenvalue weighted by molar-refractivity contribution is -0.949. The zero-order valence-corrected chi connectivity index (χ0v) is 12.1. The second-order valence-electron chi connectivity index (χ2n) is 5.84. The molecule has 1 aromatic carbocycles. The summed E-state index contributed by atoms with van der Waals surface area (Å²) in [5.74, 6) is 0. The predicted molar refractivity (Wildman–Crippen MR) is 77.4 cm³/mol. The van der Waals surface area contributed by atoms with E-state index in [1.807, 2.05) is 0 Å². The summed E-state index contributed by atoms with van der Waals surface area (Å²) >= 11 is 0. The van der Waals surface area contributed by atoms with Crippen molar-refractivity contribution in [1.82, 2.24) is 4.90 Å². The van der Waals surface area contributed by atoms with Crippen molar-refractivity contribution in [2.24, 2.45) is 0 Å². The first kappa shape index (κ1) is 13.6. The van der Waals surface area contributed by atoms with Crippen molar-refractivity contribution in [1.29, 1.82) is 0 Å². The minimum Gasteiger partial charge on any atom is -0.320 e. The number of quaternary nitrogens is 1. The third-order valence-electron chi connectivity index (χ3n) is 4.70. The average Bonchev–Trinajstić information content (AvgIpc) is 2.41. The van der Waals surface area contributed by atoms with E-state index >= 15 is 0 Å². The maximum Gasteiger partial charge on any atom is 0.0918 e. The molecule has 0 saturated carbocycles. The minimum absolute atomic E-state index is 0.758. The van der Waals surface area contributed by atoms with Gasteiger partial charge in [-0.2, -0.15) is 0 Å². The van der Waals surface area contributed by atoms with Gasteiger partial charge in [0.05, 0.1) is 25.7 Å². The van der Waals surface area contributed by atoms with E-state index in [2.05, 4.69) is 56.0 Å². The first-order valence-corrected chi connectivity index (χ1v) is 7.28. The van der Waals surface area contributed by atoms with Gasteiger partial charge in [0.15, 0.2) is 0 Å². The molecule has 1 heterocycles. The third-order valence-corrected chi connectivity index (χ3v) is 4.70. The molecule has 100 valence electrons. The lowest BCUT2D eigenvalue weighted by atomic mass is 10.1. The molecule has 1 aromatic rings. The van der Waals surface area contributed by atoms with Crippen molar-refractivity contribution in [2.45, 2.75) is 33.4 Å². The topological polar surface area (TPSA) is 3.24 Å². The highest BCUT2D eigenvalue weighted by Crippen LogP contribution is 2.19. The van der Waals surface area contributed by atoms with E-state index in [4.69, 9.17) is 0 Å². The first-order valence-electron chi connectivity index (χ1n) is 7.28. The van der Waals surface area contributed by atoms with Crippen molar-refractivity contribution in [3.05, 3.63) is 35.9 Å². The summed E-state index contributed by atoms with van der Waals surface area (Å²) in [6.45, 7) is 14.6. The Kier molecular flexibility index (Phi) is 4.41. The number of nitrogens with zero attached hydrogens (tertiary/aromatic N) is 2. The molecule has 0 radical (unpaired) electrons. The molecule has 0 bridgehead atoms. The highest BCUT2D eigenvalue weighted by atomic mass is 15.4. The first-order chi connectivity index (χ1) is 8.66. The quantitative estimate of drug-likeness (QED) is 0.740. The average molecular weight is 247 g/mol. The summed E-state index contributed by atoms with van der Waals surface area (Å²) < 4.78 is 1.30. The van der Waals surface area contributed by atoms with Crippen molar-refractivity contribution >= 4 is 0 Å². The van der Waals surface area contributed by atoms with Gasteiger partial charge in [-0.1, -0.05) is 30.3 Å². The van der Waals surface area contributed by atoms with Crippen LogP contribution >= 0.6 is 0 Å². The number of hydrogen-bond acceptors (Lipinski definition) is 1. The molecule has 0 aromatic heterocycles. The molecule has 1 saturated heterocycles. The zero-order valence-electron chi connectivity index (χ0n) is 12.1. The molecule has 0 aliphatic carbocycles. The summed E-state index contributed by atoms with van der Waals surface area (Å²) in [6.07, 6.45) is 0. The number of benzene rings is 1. The van der Waals surface area contributed by atoms with Gasteiger partial charge in [-0.15, -0.1) is 0 Å². The summed E-state index contributed by atoms with van der Waals surface area (Å²) in [4.78, 5) is 2.60. The van der Waals surface area contributed by atoms with Crippen molar-refractivity contribution in [3.8, 4) is 0 Å². The van der Waals surface area contributed by atoms with E-state index in [0.717, 1.165) is 12.6 Å². The minimum atomic E-state index is 0.758. The van der Waals surface area contributed by atoms with E-state index in [1.54, 1.807) is 0 Å². The normalized spacial score (nSPS) is 20.2. The van der Waals surface area contributed by atoms with Crippen LogP contribution < -0.4 is 0 Å². The van der Waals surface area contributed by atoms with Crippen LogP contribution in [0.3, 0.4) is 0 Å². The SMILES string of the molecule is CC[N+]1(C(C)C)CCN(Cc2ccccc2)CC1. The monoisotopic (exact) mass is 247 g/mol. The fourth-order valence-corrected chi connectivity index (χ4v) is 3.10. The molecule has 18 heavy (non-hydrogen) atoms. The zero-order chi connectivity index (χ0) is 13.0. The Hall–Kier alpha value is -0.860. The fourth-order valence-electron chi connectivity index (χ4n) is 3.10. The molecule has 2 rings (SSSR count). The third kappa shape index (κ3) is 2.93. The Morgan fingerprint density at radius 3 is 2.22 bits per heavy atom. The maximum absolute atomic E-state index is 2.60. The standard InChI is InChI=1S/C16H27N2/c1-4-18(15(2)3)12-10-17(11-13-18)14-16-8-6-5-7-9-16/h5-9,15H,4,10-14H2,1-3H3/q+1. The second kappa shape index (κ2) is 5.85. The van der Waals surface area contributed by atoms with Gasteiger partial charge in [-0.3, -0.25) is 4.90 Å². The van der Waals surface area contributed by atoms with Crippen LogP contribution in [-0.4, -0.2) is 48.1 Å². The van der Waals surface area contributed by atoms with Crippen LogP contribution in [0.15, 0.2) is 30.3 Å². The van der Waals surface area contributed by atoms with E-state index in [-0.39, 0.29) is 0 Å². The number of hydrogen-bond donors (Lipinski definition) is 0. The van der Waals surface area contributed by atoms with Crippen LogP contribution in [0, 0.1) is 0 Å². The second-order valence-corrected chi connectivity index (χ2v) is 5.84. The van der Waals surface area contributed by atoms with Crippen LogP contribution in [0.25, 0.3) is 0 Å². The molecule has 0 amide bonds. The molecule has 2 nitrogen and oxygen atoms in total. The predicted octanol–water partition coefficient (Wildman–Crippen LogP) is 2.75. The molecule has 1 aliphatic rings. The van der Waals surface area contributed by atoms with E-state index in [9.17, 15) is 0 Å². The Bertz CT molecular complexity index is 351. The summed E-state index contributed by atoms with van der Waals surface area (Å²) in [5.41, 5.74) is 1.44. The lowest BCUT2D eigenvalue weighted by Crippen LogP contribution is -2.62. The van der Waals surface area contributed by atoms with Crippen LogP contribution in [0.5, 0.6) is 0 Å². The van der Waals surface area contributed by atoms with Gasteiger partial charge in [-0.05, 0) is 26.3 Å². The Labute approximate surface area is 112 Å². The number of rotatable bonds is 4. The van der Waals surface area contributed by atoms with Crippen LogP contribution in [0.4, 0.5) is 0 Å². The molecule has 0 N–H and O–H groups in total. The maximum atomic E-state index is 2.60. The van der Waals surface area contributed by atoms with Gasteiger partial charge in [0.25, 0.3) is 0 Å². The number of likely N-dealkylation sites (N-methyl/N-ethyl adjacent to an activating group) is 1. The molecular weight excluding hydrogens is 220 g/mol. The Balaban J connectivity index is 1.91. The largest absolute Gasteiger partial charge is 0.320 e. The highest BCUT2D eigenvalue weighted by molar-refractivity contribution is 5.14. The number of piperazine rings is 1. The summed E-state index contributed by atoms with van der Waals surface area (Å²) in [5, 5.41) is 0. The van der Waals surface area contributed by atoms with Crippen molar-refractivity contribution in [2.75, 3.05) is 32.7 Å². The fraction of sp³-hybridized carbons (Fsp3) is 0.625. The van der Waals surface area contributed by atoms with Gasteiger partial charge in [-0.25, -0.2) is 0 Å². The highest BCUT2D eigenvalue weighted by Gasteiger charge is 2.33. The van der Waals surface area contributed by atoms with E-state index in [0.29, 0.717) is 0 Å². The van der Waals surface area contributed by atoms with E-state index in [1.165, 1.54) is 42.8 Å². The van der Waals surface area contributed by atoms with Gasteiger partial charge in [0, 0.05) is 19.6 Å². The van der Waals surface area contributed by atoms with Crippen molar-refractivity contribution < 1.29 is 4.48 Å². The Morgan fingerprint density at radius 1 is 1.11 bits per heavy atom. The lowest BCUT2D eigenvalue weighted by Gasteiger charge is -2.47. The molecule has 2 heteroatoms. The van der Waals surface area contributed by atoms with Crippen LogP contribution in [-0.2, 0) is 6.54 Å². The van der Waals surface area contributed by atoms with Crippen LogP contribution in [0.1, 0.15) is 26.3 Å². The summed E-state index contributed by atoms with van der Waals surface area (Å²) in [6, 6.07) is 11.6. The molecule has 1 fully saturated rings. The smallest absolute Gasteiger partial charge is 0.0918 e. The molecule has 0 spiro atoms. The van der Waals surface area contributed by atoms with Gasteiger partial charge in [0.2, 0.25) is 0 Å².